The monoisotopic (exact) mass is 267 g/mol. The lowest BCUT2D eigenvalue weighted by atomic mass is 9.70. The van der Waals surface area contributed by atoms with Gasteiger partial charge in [-0.25, -0.2) is 0 Å². The predicted octanol–water partition coefficient (Wildman–Crippen LogP) is 3.53. The minimum Gasteiger partial charge on any atom is -0.481 e. The molecular formula is C16H29NO2. The van der Waals surface area contributed by atoms with E-state index in [4.69, 9.17) is 0 Å². The van der Waals surface area contributed by atoms with E-state index in [1.54, 1.807) is 0 Å². The number of hydrogen-bond acceptors (Lipinski definition) is 2. The van der Waals surface area contributed by atoms with Gasteiger partial charge in [-0.3, -0.25) is 4.79 Å². The average molecular weight is 267 g/mol. The Bertz CT molecular complexity index is 302. The number of aliphatic carboxylic acids is 1. The van der Waals surface area contributed by atoms with Gasteiger partial charge in [0.15, 0.2) is 0 Å². The Morgan fingerprint density at radius 2 is 1.74 bits per heavy atom. The largest absolute Gasteiger partial charge is 0.481 e. The van der Waals surface area contributed by atoms with Crippen molar-refractivity contribution in [1.29, 1.82) is 0 Å². The van der Waals surface area contributed by atoms with Crippen LogP contribution in [0, 0.1) is 11.3 Å². The first-order valence-electron chi connectivity index (χ1n) is 7.97. The van der Waals surface area contributed by atoms with Gasteiger partial charge in [0.05, 0.1) is 5.41 Å². The van der Waals surface area contributed by atoms with E-state index in [1.165, 1.54) is 32.1 Å². The highest BCUT2D eigenvalue weighted by atomic mass is 16.4. The number of rotatable bonds is 4. The van der Waals surface area contributed by atoms with Crippen LogP contribution < -0.4 is 0 Å². The van der Waals surface area contributed by atoms with Crippen LogP contribution in [-0.2, 0) is 4.79 Å². The Hall–Kier alpha value is -0.570. The van der Waals surface area contributed by atoms with Crippen LogP contribution in [0.3, 0.4) is 0 Å². The van der Waals surface area contributed by atoms with E-state index in [0.29, 0.717) is 12.0 Å². The van der Waals surface area contributed by atoms with Crippen molar-refractivity contribution in [1.82, 2.24) is 4.90 Å². The van der Waals surface area contributed by atoms with Gasteiger partial charge in [-0.1, -0.05) is 26.2 Å². The van der Waals surface area contributed by atoms with Crippen molar-refractivity contribution < 1.29 is 9.90 Å². The molecule has 0 aromatic carbocycles. The molecule has 0 heterocycles. The van der Waals surface area contributed by atoms with Gasteiger partial charge in [0.1, 0.15) is 0 Å². The maximum atomic E-state index is 11.8. The van der Waals surface area contributed by atoms with Gasteiger partial charge < -0.3 is 10.0 Å². The fourth-order valence-corrected chi connectivity index (χ4v) is 3.88. The lowest BCUT2D eigenvalue weighted by Gasteiger charge is -2.41. The smallest absolute Gasteiger partial charge is 0.310 e. The van der Waals surface area contributed by atoms with Crippen LogP contribution in [0.4, 0.5) is 0 Å². The second-order valence-corrected chi connectivity index (χ2v) is 6.97. The molecule has 0 aliphatic heterocycles. The third kappa shape index (κ3) is 3.50. The molecule has 0 saturated heterocycles. The molecule has 0 bridgehead atoms. The van der Waals surface area contributed by atoms with Gasteiger partial charge in [-0.15, -0.1) is 0 Å². The Morgan fingerprint density at radius 1 is 1.16 bits per heavy atom. The number of carboxylic acids is 1. The lowest BCUT2D eigenvalue weighted by molar-refractivity contribution is -0.153. The van der Waals surface area contributed by atoms with Crippen LogP contribution in [-0.4, -0.2) is 35.6 Å². The summed E-state index contributed by atoms with van der Waals surface area (Å²) in [6, 6.07) is 0.615. The molecule has 110 valence electrons. The highest BCUT2D eigenvalue weighted by Crippen LogP contribution is 2.40. The second-order valence-electron chi connectivity index (χ2n) is 6.97. The quantitative estimate of drug-likeness (QED) is 0.847. The van der Waals surface area contributed by atoms with Crippen molar-refractivity contribution in [3.8, 4) is 0 Å². The fraction of sp³-hybridized carbons (Fsp3) is 0.938. The van der Waals surface area contributed by atoms with Crippen molar-refractivity contribution in [2.75, 3.05) is 13.6 Å². The van der Waals surface area contributed by atoms with E-state index >= 15 is 0 Å². The van der Waals surface area contributed by atoms with Gasteiger partial charge in [0.25, 0.3) is 0 Å². The minimum absolute atomic E-state index is 0.474. The fourth-order valence-electron chi connectivity index (χ4n) is 3.88. The molecule has 0 spiro atoms. The molecule has 3 heteroatoms. The summed E-state index contributed by atoms with van der Waals surface area (Å²) in [6.07, 6.45) is 10.4. The summed E-state index contributed by atoms with van der Waals surface area (Å²) in [5.74, 6) is 0.134. The molecule has 0 aromatic rings. The lowest BCUT2D eigenvalue weighted by Crippen LogP contribution is -2.47. The number of carboxylic acid groups (broad SMARTS) is 1. The molecule has 0 aromatic heterocycles. The van der Waals surface area contributed by atoms with Crippen LogP contribution in [0.1, 0.15) is 64.7 Å². The predicted molar refractivity (Wildman–Crippen MR) is 77.2 cm³/mol. The van der Waals surface area contributed by atoms with Crippen molar-refractivity contribution in [2.45, 2.75) is 70.8 Å². The van der Waals surface area contributed by atoms with Crippen LogP contribution in [0.2, 0.25) is 0 Å². The topological polar surface area (TPSA) is 40.5 Å². The highest BCUT2D eigenvalue weighted by molar-refractivity contribution is 5.75. The van der Waals surface area contributed by atoms with Crippen molar-refractivity contribution >= 4 is 5.97 Å². The van der Waals surface area contributed by atoms with Gasteiger partial charge in [0, 0.05) is 12.6 Å². The third-order valence-electron chi connectivity index (χ3n) is 5.44. The SMILES string of the molecule is CC1CCC(CN(C)C2CCCCC2)(C(=O)O)CC1. The van der Waals surface area contributed by atoms with E-state index in [-0.39, 0.29) is 0 Å². The first kappa shape index (κ1) is 14.8. The molecular weight excluding hydrogens is 238 g/mol. The summed E-state index contributed by atoms with van der Waals surface area (Å²) in [5, 5.41) is 9.70. The van der Waals surface area contributed by atoms with Gasteiger partial charge in [-0.2, -0.15) is 0 Å². The maximum Gasteiger partial charge on any atom is 0.310 e. The standard InChI is InChI=1S/C16H29NO2/c1-13-8-10-16(11-9-13,15(18)19)12-17(2)14-6-4-3-5-7-14/h13-14H,3-12H2,1-2H3,(H,18,19). The molecule has 0 radical (unpaired) electrons. The van der Waals surface area contributed by atoms with E-state index in [1.807, 2.05) is 0 Å². The zero-order valence-electron chi connectivity index (χ0n) is 12.5. The van der Waals surface area contributed by atoms with Crippen LogP contribution in [0.5, 0.6) is 0 Å². The van der Waals surface area contributed by atoms with Gasteiger partial charge >= 0.3 is 5.97 Å². The number of hydrogen-bond donors (Lipinski definition) is 1. The molecule has 2 aliphatic rings. The molecule has 3 nitrogen and oxygen atoms in total. The average Bonchev–Trinajstić information content (AvgIpc) is 2.42. The summed E-state index contributed by atoms with van der Waals surface area (Å²) in [7, 11) is 2.14. The molecule has 2 fully saturated rings. The van der Waals surface area contributed by atoms with E-state index in [2.05, 4.69) is 18.9 Å². The summed E-state index contributed by atoms with van der Waals surface area (Å²) in [5.41, 5.74) is -0.474. The Morgan fingerprint density at radius 3 is 2.26 bits per heavy atom. The number of carbonyl (C=O) groups is 1. The Kier molecular flexibility index (Phi) is 4.88. The molecule has 0 unspecified atom stereocenters. The van der Waals surface area contributed by atoms with E-state index in [0.717, 1.165) is 32.2 Å². The van der Waals surface area contributed by atoms with Gasteiger partial charge in [-0.05, 0) is 51.5 Å². The minimum atomic E-state index is -0.568. The molecule has 2 saturated carbocycles. The van der Waals surface area contributed by atoms with E-state index < -0.39 is 11.4 Å². The van der Waals surface area contributed by atoms with Crippen molar-refractivity contribution in [2.24, 2.45) is 11.3 Å². The number of nitrogens with zero attached hydrogens (tertiary/aromatic N) is 1. The van der Waals surface area contributed by atoms with Crippen molar-refractivity contribution in [3.05, 3.63) is 0 Å². The van der Waals surface area contributed by atoms with Crippen LogP contribution in [0.25, 0.3) is 0 Å². The van der Waals surface area contributed by atoms with E-state index in [9.17, 15) is 9.90 Å². The maximum absolute atomic E-state index is 11.8. The molecule has 2 aliphatic carbocycles. The summed E-state index contributed by atoms with van der Waals surface area (Å²) in [6.45, 7) is 3.00. The first-order valence-corrected chi connectivity index (χ1v) is 7.97. The Labute approximate surface area is 117 Å². The molecule has 2 rings (SSSR count). The Balaban J connectivity index is 1.98. The van der Waals surface area contributed by atoms with Crippen LogP contribution in [0.15, 0.2) is 0 Å². The molecule has 1 N–H and O–H groups in total. The summed E-state index contributed by atoms with van der Waals surface area (Å²) < 4.78 is 0. The molecule has 0 amide bonds. The normalized spacial score (nSPS) is 33.5. The molecule has 0 atom stereocenters. The summed E-state index contributed by atoms with van der Waals surface area (Å²) >= 11 is 0. The second kappa shape index (κ2) is 6.25. The highest BCUT2D eigenvalue weighted by Gasteiger charge is 2.42. The summed E-state index contributed by atoms with van der Waals surface area (Å²) in [4.78, 5) is 14.1. The van der Waals surface area contributed by atoms with Crippen LogP contribution >= 0.6 is 0 Å². The molecule has 19 heavy (non-hydrogen) atoms. The third-order valence-corrected chi connectivity index (χ3v) is 5.44. The van der Waals surface area contributed by atoms with Gasteiger partial charge in [0.2, 0.25) is 0 Å². The zero-order valence-corrected chi connectivity index (χ0v) is 12.5. The zero-order chi connectivity index (χ0) is 13.9. The van der Waals surface area contributed by atoms with Crippen molar-refractivity contribution in [3.63, 3.8) is 0 Å². The first-order chi connectivity index (χ1) is 9.03.